The summed E-state index contributed by atoms with van der Waals surface area (Å²) in [6.45, 7) is 0.332. The molecule has 0 saturated heterocycles. The van der Waals surface area contributed by atoms with Crippen molar-refractivity contribution in [2.75, 3.05) is 0 Å². The van der Waals surface area contributed by atoms with Crippen molar-refractivity contribution < 1.29 is 0 Å². The second kappa shape index (κ2) is 2.94. The van der Waals surface area contributed by atoms with Crippen LogP contribution in [0.3, 0.4) is 0 Å². The van der Waals surface area contributed by atoms with E-state index < -0.39 is 0 Å². The highest BCUT2D eigenvalue weighted by atomic mass is 15.5. The largest absolute Gasteiger partial charge is 0.324 e. The zero-order valence-electron chi connectivity index (χ0n) is 7.12. The van der Waals surface area contributed by atoms with Gasteiger partial charge in [0, 0.05) is 7.05 Å². The fraction of sp³-hybridized carbons (Fsp3) is 0.333. The molecule has 0 atom stereocenters. The van der Waals surface area contributed by atoms with E-state index in [4.69, 9.17) is 5.73 Å². The maximum absolute atomic E-state index is 5.38. The molecule has 2 rings (SSSR count). The van der Waals surface area contributed by atoms with Crippen molar-refractivity contribution in [3.8, 4) is 5.82 Å². The summed E-state index contributed by atoms with van der Waals surface area (Å²) in [5, 5.41) is 11.6. The molecule has 0 fully saturated rings. The van der Waals surface area contributed by atoms with Gasteiger partial charge in [-0.05, 0) is 0 Å². The van der Waals surface area contributed by atoms with E-state index in [1.54, 1.807) is 28.9 Å². The van der Waals surface area contributed by atoms with Crippen molar-refractivity contribution in [3.05, 3.63) is 18.3 Å². The fourth-order valence-corrected chi connectivity index (χ4v) is 0.993. The summed E-state index contributed by atoms with van der Waals surface area (Å²) < 4.78 is 3.19. The average Bonchev–Trinajstić information content (AvgIpc) is 2.71. The third-order valence-electron chi connectivity index (χ3n) is 1.65. The summed E-state index contributed by atoms with van der Waals surface area (Å²) in [6.07, 6.45) is 3.19. The number of hydrogen-bond donors (Lipinski definition) is 1. The van der Waals surface area contributed by atoms with E-state index in [-0.39, 0.29) is 0 Å². The minimum Gasteiger partial charge on any atom is -0.324 e. The van der Waals surface area contributed by atoms with Gasteiger partial charge in [-0.15, -0.1) is 10.2 Å². The van der Waals surface area contributed by atoms with Crippen molar-refractivity contribution >= 4 is 0 Å². The second-order valence-electron chi connectivity index (χ2n) is 2.53. The Balaban J connectivity index is 2.41. The van der Waals surface area contributed by atoms with Crippen LogP contribution in [0.5, 0.6) is 0 Å². The normalized spacial score (nSPS) is 10.6. The molecule has 13 heavy (non-hydrogen) atoms. The standard InChI is InChI=1S/C6H9N7/c1-12-6(3-9-11-12)13-4-8-5(2-7)10-13/h3-4H,2,7H2,1H3. The summed E-state index contributed by atoms with van der Waals surface area (Å²) in [4.78, 5) is 3.99. The first-order valence-corrected chi connectivity index (χ1v) is 3.77. The Kier molecular flexibility index (Phi) is 1.78. The first kappa shape index (κ1) is 7.87. The Morgan fingerprint density at radius 1 is 1.54 bits per heavy atom. The molecule has 68 valence electrons. The lowest BCUT2D eigenvalue weighted by molar-refractivity contribution is 0.668. The number of aromatic nitrogens is 6. The molecule has 2 aromatic rings. The van der Waals surface area contributed by atoms with Crippen molar-refractivity contribution in [2.45, 2.75) is 6.54 Å². The second-order valence-corrected chi connectivity index (χ2v) is 2.53. The summed E-state index contributed by atoms with van der Waals surface area (Å²) in [5.41, 5.74) is 5.38. The lowest BCUT2D eigenvalue weighted by atomic mass is 10.6. The quantitative estimate of drug-likeness (QED) is 0.629. The van der Waals surface area contributed by atoms with Gasteiger partial charge in [0.25, 0.3) is 0 Å². The number of aryl methyl sites for hydroxylation is 1. The fourth-order valence-electron chi connectivity index (χ4n) is 0.993. The van der Waals surface area contributed by atoms with Crippen molar-refractivity contribution in [1.29, 1.82) is 0 Å². The molecule has 7 nitrogen and oxygen atoms in total. The molecule has 0 aliphatic rings. The molecule has 0 bridgehead atoms. The molecule has 2 N–H and O–H groups in total. The van der Waals surface area contributed by atoms with E-state index in [1.807, 2.05) is 0 Å². The molecule has 0 amide bonds. The van der Waals surface area contributed by atoms with Crippen LogP contribution in [-0.4, -0.2) is 29.8 Å². The monoisotopic (exact) mass is 179 g/mol. The summed E-state index contributed by atoms with van der Waals surface area (Å²) in [5.74, 6) is 1.36. The van der Waals surface area contributed by atoms with Crippen LogP contribution in [0.4, 0.5) is 0 Å². The molecule has 0 aliphatic carbocycles. The smallest absolute Gasteiger partial charge is 0.173 e. The predicted octanol–water partition coefficient (Wildman–Crippen LogP) is -1.15. The summed E-state index contributed by atoms with van der Waals surface area (Å²) in [7, 11) is 1.78. The van der Waals surface area contributed by atoms with Crippen LogP contribution in [0.2, 0.25) is 0 Å². The van der Waals surface area contributed by atoms with Gasteiger partial charge in [0.1, 0.15) is 6.33 Å². The lowest BCUT2D eigenvalue weighted by Gasteiger charge is -1.96. The highest BCUT2D eigenvalue weighted by molar-refractivity contribution is 5.14. The number of rotatable bonds is 2. The van der Waals surface area contributed by atoms with E-state index in [1.165, 1.54) is 0 Å². The van der Waals surface area contributed by atoms with Crippen molar-refractivity contribution in [1.82, 2.24) is 29.8 Å². The van der Waals surface area contributed by atoms with E-state index in [0.29, 0.717) is 12.4 Å². The van der Waals surface area contributed by atoms with Crippen LogP contribution in [0.25, 0.3) is 5.82 Å². The minimum absolute atomic E-state index is 0.332. The van der Waals surface area contributed by atoms with Crippen LogP contribution in [0.15, 0.2) is 12.5 Å². The van der Waals surface area contributed by atoms with E-state index in [2.05, 4.69) is 20.4 Å². The third-order valence-corrected chi connectivity index (χ3v) is 1.65. The summed E-state index contributed by atoms with van der Waals surface area (Å²) in [6, 6.07) is 0. The van der Waals surface area contributed by atoms with Gasteiger partial charge in [0.15, 0.2) is 11.6 Å². The Morgan fingerprint density at radius 2 is 2.38 bits per heavy atom. The minimum atomic E-state index is 0.332. The zero-order valence-corrected chi connectivity index (χ0v) is 7.12. The highest BCUT2D eigenvalue weighted by Crippen LogP contribution is 2.00. The third kappa shape index (κ3) is 1.29. The van der Waals surface area contributed by atoms with Crippen molar-refractivity contribution in [3.63, 3.8) is 0 Å². The van der Waals surface area contributed by atoms with E-state index >= 15 is 0 Å². The molecule has 7 heteroatoms. The van der Waals surface area contributed by atoms with Crippen LogP contribution >= 0.6 is 0 Å². The average molecular weight is 179 g/mol. The molecule has 0 saturated carbocycles. The molecule has 0 aliphatic heterocycles. The SMILES string of the molecule is Cn1nncc1-n1cnc(CN)n1. The molecule has 0 radical (unpaired) electrons. The predicted molar refractivity (Wildman–Crippen MR) is 43.8 cm³/mol. The number of hydrogen-bond acceptors (Lipinski definition) is 5. The molecule has 2 heterocycles. The Hall–Kier alpha value is -1.76. The molecule has 0 aromatic carbocycles. The van der Waals surface area contributed by atoms with E-state index in [0.717, 1.165) is 5.82 Å². The van der Waals surface area contributed by atoms with Gasteiger partial charge < -0.3 is 5.73 Å². The molecule has 0 spiro atoms. The van der Waals surface area contributed by atoms with Gasteiger partial charge in [-0.3, -0.25) is 0 Å². The van der Waals surface area contributed by atoms with Crippen molar-refractivity contribution in [2.24, 2.45) is 12.8 Å². The van der Waals surface area contributed by atoms with Crippen LogP contribution < -0.4 is 5.73 Å². The van der Waals surface area contributed by atoms with Crippen LogP contribution in [0, 0.1) is 0 Å². The van der Waals surface area contributed by atoms with Gasteiger partial charge in [-0.25, -0.2) is 14.3 Å². The van der Waals surface area contributed by atoms with Gasteiger partial charge in [-0.1, -0.05) is 5.21 Å². The Bertz CT molecular complexity index is 401. The van der Waals surface area contributed by atoms with E-state index in [9.17, 15) is 0 Å². The Labute approximate surface area is 74.2 Å². The maximum atomic E-state index is 5.38. The van der Waals surface area contributed by atoms with Crippen LogP contribution in [0.1, 0.15) is 5.82 Å². The maximum Gasteiger partial charge on any atom is 0.173 e. The van der Waals surface area contributed by atoms with Gasteiger partial charge in [0.05, 0.1) is 12.7 Å². The molecular formula is C6H9N7. The van der Waals surface area contributed by atoms with Gasteiger partial charge in [-0.2, -0.15) is 0 Å². The number of nitrogens with two attached hydrogens (primary N) is 1. The zero-order chi connectivity index (χ0) is 9.26. The van der Waals surface area contributed by atoms with Crippen LogP contribution in [-0.2, 0) is 13.6 Å². The summed E-state index contributed by atoms with van der Waals surface area (Å²) >= 11 is 0. The van der Waals surface area contributed by atoms with Gasteiger partial charge >= 0.3 is 0 Å². The molecule has 0 unspecified atom stereocenters. The number of nitrogens with zero attached hydrogens (tertiary/aromatic N) is 6. The topological polar surface area (TPSA) is 87.4 Å². The molecular weight excluding hydrogens is 170 g/mol. The van der Waals surface area contributed by atoms with Gasteiger partial charge in [0.2, 0.25) is 0 Å². The first-order valence-electron chi connectivity index (χ1n) is 3.77. The Morgan fingerprint density at radius 3 is 2.92 bits per heavy atom. The lowest BCUT2D eigenvalue weighted by Crippen LogP contribution is -2.05. The highest BCUT2D eigenvalue weighted by Gasteiger charge is 2.04. The first-order chi connectivity index (χ1) is 6.31. The molecule has 2 aromatic heterocycles.